The van der Waals surface area contributed by atoms with Crippen LogP contribution in [0.25, 0.3) is 11.1 Å². The number of hydrogen-bond acceptors (Lipinski definition) is 6. The number of carbonyl (C=O) groups excluding carboxylic acids is 1. The van der Waals surface area contributed by atoms with Gasteiger partial charge in [-0.1, -0.05) is 6.92 Å². The van der Waals surface area contributed by atoms with Gasteiger partial charge in [-0.25, -0.2) is 0 Å². The molecule has 2 N–H and O–H groups in total. The summed E-state index contributed by atoms with van der Waals surface area (Å²) < 4.78 is 6.02. The van der Waals surface area contributed by atoms with Crippen LogP contribution >= 0.6 is 0 Å². The highest BCUT2D eigenvalue weighted by molar-refractivity contribution is 5.94. The second kappa shape index (κ2) is 11.9. The van der Waals surface area contributed by atoms with Gasteiger partial charge in [-0.3, -0.25) is 14.7 Å². The molecule has 1 aromatic heterocycles. The van der Waals surface area contributed by atoms with E-state index in [9.17, 15) is 9.90 Å². The van der Waals surface area contributed by atoms with E-state index >= 15 is 0 Å². The summed E-state index contributed by atoms with van der Waals surface area (Å²) >= 11 is 0. The van der Waals surface area contributed by atoms with Crippen molar-refractivity contribution in [3.05, 3.63) is 72.1 Å². The van der Waals surface area contributed by atoms with Gasteiger partial charge in [0, 0.05) is 62.3 Å². The van der Waals surface area contributed by atoms with Crippen LogP contribution in [0.2, 0.25) is 0 Å². The molecule has 7 heteroatoms. The van der Waals surface area contributed by atoms with Crippen LogP contribution in [0.3, 0.4) is 0 Å². The molecule has 0 radical (unpaired) electrons. The average Bonchev–Trinajstić information content (AvgIpc) is 2.87. The number of aromatic hydroxyl groups is 1. The number of aromatic nitrogens is 1. The third-order valence-electron chi connectivity index (χ3n) is 6.20. The molecular weight excluding hydrogens is 452 g/mol. The zero-order valence-electron chi connectivity index (χ0n) is 21.4. The largest absolute Gasteiger partial charge is 0.506 e. The zero-order chi connectivity index (χ0) is 25.5. The van der Waals surface area contributed by atoms with E-state index in [-0.39, 0.29) is 17.8 Å². The summed E-state index contributed by atoms with van der Waals surface area (Å²) in [5, 5.41) is 12.8. The number of rotatable bonds is 9. The van der Waals surface area contributed by atoms with E-state index in [4.69, 9.17) is 4.74 Å². The number of nitrogens with zero attached hydrogens (tertiary/aromatic N) is 3. The van der Waals surface area contributed by atoms with E-state index in [0.29, 0.717) is 12.1 Å². The SMILES string of the molecule is CCCNC(=O)c1ccc(N2CCN(Cc3cc(OC(C)C)cc(-c4cncc(O)c4)c3)CC2)cc1. The van der Waals surface area contributed by atoms with Gasteiger partial charge in [0.05, 0.1) is 12.3 Å². The molecule has 7 nitrogen and oxygen atoms in total. The van der Waals surface area contributed by atoms with Gasteiger partial charge in [0.25, 0.3) is 5.91 Å². The number of pyridine rings is 1. The normalized spacial score (nSPS) is 14.2. The first-order valence-corrected chi connectivity index (χ1v) is 12.7. The Morgan fingerprint density at radius 3 is 2.44 bits per heavy atom. The van der Waals surface area contributed by atoms with Crippen LogP contribution < -0.4 is 15.0 Å². The minimum atomic E-state index is -0.0160. The van der Waals surface area contributed by atoms with Gasteiger partial charge in [-0.15, -0.1) is 0 Å². The van der Waals surface area contributed by atoms with Gasteiger partial charge < -0.3 is 20.1 Å². The Bertz CT molecular complexity index is 1160. The van der Waals surface area contributed by atoms with Crippen molar-refractivity contribution in [3.63, 3.8) is 0 Å². The van der Waals surface area contributed by atoms with E-state index in [0.717, 1.165) is 61.7 Å². The van der Waals surface area contributed by atoms with Crippen molar-refractivity contribution in [2.24, 2.45) is 0 Å². The number of carbonyl (C=O) groups is 1. The monoisotopic (exact) mass is 488 g/mol. The molecule has 0 unspecified atom stereocenters. The van der Waals surface area contributed by atoms with Crippen molar-refractivity contribution in [1.29, 1.82) is 0 Å². The van der Waals surface area contributed by atoms with Crippen LogP contribution in [0.5, 0.6) is 11.5 Å². The van der Waals surface area contributed by atoms with Gasteiger partial charge in [-0.2, -0.15) is 0 Å². The first kappa shape index (κ1) is 25.5. The van der Waals surface area contributed by atoms with Crippen molar-refractivity contribution >= 4 is 11.6 Å². The van der Waals surface area contributed by atoms with E-state index in [1.165, 1.54) is 11.8 Å². The molecule has 0 bridgehead atoms. The lowest BCUT2D eigenvalue weighted by molar-refractivity contribution is 0.0953. The third kappa shape index (κ3) is 6.76. The Hall–Kier alpha value is -3.58. The molecule has 1 saturated heterocycles. The van der Waals surface area contributed by atoms with Crippen LogP contribution in [-0.2, 0) is 6.54 Å². The summed E-state index contributed by atoms with van der Waals surface area (Å²) in [6, 6.07) is 15.9. The average molecular weight is 489 g/mol. The minimum Gasteiger partial charge on any atom is -0.506 e. The third-order valence-corrected chi connectivity index (χ3v) is 6.20. The second-order valence-corrected chi connectivity index (χ2v) is 9.53. The zero-order valence-corrected chi connectivity index (χ0v) is 21.4. The van der Waals surface area contributed by atoms with Crippen molar-refractivity contribution in [1.82, 2.24) is 15.2 Å². The Morgan fingerprint density at radius 2 is 1.78 bits per heavy atom. The number of hydrogen-bond donors (Lipinski definition) is 2. The van der Waals surface area contributed by atoms with E-state index in [1.54, 1.807) is 12.3 Å². The number of nitrogens with one attached hydrogen (secondary N) is 1. The van der Waals surface area contributed by atoms with Gasteiger partial charge in [0.1, 0.15) is 11.5 Å². The fraction of sp³-hybridized carbons (Fsp3) is 0.379. The summed E-state index contributed by atoms with van der Waals surface area (Å²) in [6.07, 6.45) is 4.20. The number of benzene rings is 2. The van der Waals surface area contributed by atoms with Crippen molar-refractivity contribution in [2.45, 2.75) is 39.8 Å². The van der Waals surface area contributed by atoms with E-state index in [1.807, 2.05) is 51.1 Å². The Balaban J connectivity index is 1.40. The molecule has 3 aromatic rings. The van der Waals surface area contributed by atoms with Gasteiger partial charge in [0.2, 0.25) is 0 Å². The van der Waals surface area contributed by atoms with Crippen LogP contribution in [-0.4, -0.2) is 59.7 Å². The van der Waals surface area contributed by atoms with Crippen molar-refractivity contribution < 1.29 is 14.6 Å². The smallest absolute Gasteiger partial charge is 0.251 e. The summed E-state index contributed by atoms with van der Waals surface area (Å²) in [5.41, 5.74) is 4.86. The fourth-order valence-corrected chi connectivity index (χ4v) is 4.43. The molecule has 36 heavy (non-hydrogen) atoms. The lowest BCUT2D eigenvalue weighted by Crippen LogP contribution is -2.46. The topological polar surface area (TPSA) is 77.9 Å². The molecule has 190 valence electrons. The summed E-state index contributed by atoms with van der Waals surface area (Å²) in [5.74, 6) is 0.954. The highest BCUT2D eigenvalue weighted by Crippen LogP contribution is 2.29. The molecule has 1 amide bonds. The molecular formula is C29H36N4O3. The Labute approximate surface area is 213 Å². The lowest BCUT2D eigenvalue weighted by Gasteiger charge is -2.36. The molecule has 0 spiro atoms. The molecule has 0 atom stereocenters. The maximum atomic E-state index is 12.2. The van der Waals surface area contributed by atoms with Crippen molar-refractivity contribution in [3.8, 4) is 22.6 Å². The predicted molar refractivity (Wildman–Crippen MR) is 144 cm³/mol. The fourth-order valence-electron chi connectivity index (χ4n) is 4.43. The molecule has 2 heterocycles. The first-order chi connectivity index (χ1) is 17.4. The highest BCUT2D eigenvalue weighted by atomic mass is 16.5. The number of ether oxygens (including phenoxy) is 1. The highest BCUT2D eigenvalue weighted by Gasteiger charge is 2.19. The van der Waals surface area contributed by atoms with Gasteiger partial charge in [-0.05, 0) is 79.9 Å². The number of piperazine rings is 1. The quantitative estimate of drug-likeness (QED) is 0.455. The van der Waals surface area contributed by atoms with Crippen LogP contribution in [0.15, 0.2) is 60.9 Å². The minimum absolute atomic E-state index is 0.0160. The first-order valence-electron chi connectivity index (χ1n) is 12.7. The number of amides is 1. The van der Waals surface area contributed by atoms with Gasteiger partial charge in [0.15, 0.2) is 0 Å². The summed E-state index contributed by atoms with van der Waals surface area (Å²) in [6.45, 7) is 11.3. The summed E-state index contributed by atoms with van der Waals surface area (Å²) in [4.78, 5) is 21.1. The van der Waals surface area contributed by atoms with Gasteiger partial charge >= 0.3 is 0 Å². The maximum absolute atomic E-state index is 12.2. The lowest BCUT2D eigenvalue weighted by atomic mass is 10.0. The molecule has 0 aliphatic carbocycles. The maximum Gasteiger partial charge on any atom is 0.251 e. The second-order valence-electron chi connectivity index (χ2n) is 9.53. The Morgan fingerprint density at radius 1 is 1.03 bits per heavy atom. The summed E-state index contributed by atoms with van der Waals surface area (Å²) in [7, 11) is 0. The van der Waals surface area contributed by atoms with Crippen LogP contribution in [0.1, 0.15) is 43.1 Å². The molecule has 2 aromatic carbocycles. The van der Waals surface area contributed by atoms with E-state index in [2.05, 4.69) is 32.2 Å². The molecule has 1 aliphatic rings. The standard InChI is InChI=1S/C29H36N4O3/c1-4-9-31-29(35)23-5-7-26(8-6-23)33-12-10-32(11-13-33)20-22-14-24(17-28(15-22)36-21(2)3)25-16-27(34)19-30-18-25/h5-8,14-19,21,34H,4,9-13,20H2,1-3H3,(H,31,35). The van der Waals surface area contributed by atoms with Crippen molar-refractivity contribution in [2.75, 3.05) is 37.6 Å². The van der Waals surface area contributed by atoms with E-state index < -0.39 is 0 Å². The molecule has 1 aliphatic heterocycles. The van der Waals surface area contributed by atoms with Crippen LogP contribution in [0.4, 0.5) is 5.69 Å². The number of anilines is 1. The predicted octanol–water partition coefficient (Wildman–Crippen LogP) is 4.70. The van der Waals surface area contributed by atoms with Crippen LogP contribution in [0, 0.1) is 0 Å². The Kier molecular flexibility index (Phi) is 8.44. The molecule has 4 rings (SSSR count). The molecule has 0 saturated carbocycles. The molecule has 1 fully saturated rings.